The van der Waals surface area contributed by atoms with E-state index in [0.717, 1.165) is 53.6 Å². The van der Waals surface area contributed by atoms with Crippen LogP contribution < -0.4 is 0 Å². The molecule has 0 radical (unpaired) electrons. The average Bonchev–Trinajstić information content (AvgIpc) is 3.04. The Morgan fingerprint density at radius 2 is 2.26 bits per heavy atom. The number of nitrogens with zero attached hydrogens (tertiary/aromatic N) is 2. The van der Waals surface area contributed by atoms with Crippen molar-refractivity contribution >= 4 is 22.1 Å². The number of hydrogen-bond donors (Lipinski definition) is 3. The van der Waals surface area contributed by atoms with Crippen LogP contribution in [0.15, 0.2) is 18.5 Å². The zero-order valence-corrected chi connectivity index (χ0v) is 10.6. The van der Waals surface area contributed by atoms with Gasteiger partial charge < -0.3 is 15.1 Å². The van der Waals surface area contributed by atoms with Gasteiger partial charge in [0.15, 0.2) is 0 Å². The molecule has 0 saturated heterocycles. The zero-order chi connectivity index (χ0) is 12.8. The van der Waals surface area contributed by atoms with Gasteiger partial charge in [0.2, 0.25) is 0 Å². The summed E-state index contributed by atoms with van der Waals surface area (Å²) in [4.78, 5) is 15.6. The topological polar surface area (TPSA) is 77.6 Å². The van der Waals surface area contributed by atoms with Crippen LogP contribution in [0.5, 0.6) is 0 Å². The summed E-state index contributed by atoms with van der Waals surface area (Å²) in [7, 11) is 0. The van der Waals surface area contributed by atoms with Crippen molar-refractivity contribution in [3.8, 4) is 0 Å². The Labute approximate surface area is 110 Å². The summed E-state index contributed by atoms with van der Waals surface area (Å²) < 4.78 is 0. The largest absolute Gasteiger partial charge is 0.393 e. The molecule has 1 saturated carbocycles. The first-order chi connectivity index (χ1) is 9.31. The number of imidazole rings is 1. The summed E-state index contributed by atoms with van der Waals surface area (Å²) >= 11 is 0. The fourth-order valence-corrected chi connectivity index (χ4v) is 3.10. The van der Waals surface area contributed by atoms with Crippen LogP contribution in [0.3, 0.4) is 0 Å². The van der Waals surface area contributed by atoms with Crippen molar-refractivity contribution in [2.75, 3.05) is 0 Å². The van der Waals surface area contributed by atoms with E-state index >= 15 is 0 Å². The lowest BCUT2D eigenvalue weighted by Crippen LogP contribution is -2.18. The van der Waals surface area contributed by atoms with Gasteiger partial charge >= 0.3 is 0 Å². The summed E-state index contributed by atoms with van der Waals surface area (Å²) in [6, 6.07) is 2.00. The van der Waals surface area contributed by atoms with E-state index in [1.165, 1.54) is 0 Å². The van der Waals surface area contributed by atoms with Crippen molar-refractivity contribution in [2.24, 2.45) is 0 Å². The molecule has 0 amide bonds. The first kappa shape index (κ1) is 11.0. The van der Waals surface area contributed by atoms with Crippen molar-refractivity contribution < 1.29 is 5.11 Å². The van der Waals surface area contributed by atoms with Crippen LogP contribution >= 0.6 is 0 Å². The number of pyridine rings is 1. The first-order valence-electron chi connectivity index (χ1n) is 6.81. The highest BCUT2D eigenvalue weighted by molar-refractivity contribution is 6.00. The van der Waals surface area contributed by atoms with E-state index in [1.54, 1.807) is 0 Å². The van der Waals surface area contributed by atoms with Gasteiger partial charge in [-0.1, -0.05) is 6.42 Å². The number of H-pyrrole nitrogens is 2. The highest BCUT2D eigenvalue weighted by atomic mass is 16.3. The molecular weight excluding hydrogens is 240 g/mol. The van der Waals surface area contributed by atoms with E-state index in [-0.39, 0.29) is 6.10 Å². The number of aliphatic hydroxyl groups excluding tert-OH is 1. The molecule has 98 valence electrons. The molecule has 0 aromatic carbocycles. The second-order valence-corrected chi connectivity index (χ2v) is 5.40. The molecule has 3 aromatic heterocycles. The molecule has 3 aromatic rings. The standard InChI is InChI=1S/C14H16N4O/c19-9-3-1-2-8(6-9)13-17-11-7-16-14-10(4-5-15-14)12(11)18-13/h4-5,7-9,19H,1-3,6H2,(H,15,16)(H,17,18). The lowest BCUT2D eigenvalue weighted by atomic mass is 9.87. The van der Waals surface area contributed by atoms with Crippen LogP contribution in [0.25, 0.3) is 22.1 Å². The summed E-state index contributed by atoms with van der Waals surface area (Å²) in [6.45, 7) is 0. The van der Waals surface area contributed by atoms with E-state index in [0.29, 0.717) is 5.92 Å². The minimum atomic E-state index is -0.183. The van der Waals surface area contributed by atoms with Crippen LogP contribution in [0, 0.1) is 0 Å². The molecule has 19 heavy (non-hydrogen) atoms. The van der Waals surface area contributed by atoms with Gasteiger partial charge in [-0.25, -0.2) is 9.97 Å². The molecule has 2 unspecified atom stereocenters. The number of hydrogen-bond acceptors (Lipinski definition) is 3. The van der Waals surface area contributed by atoms with E-state index in [2.05, 4.69) is 15.0 Å². The van der Waals surface area contributed by atoms with E-state index in [9.17, 15) is 5.11 Å². The highest BCUT2D eigenvalue weighted by Gasteiger charge is 2.24. The monoisotopic (exact) mass is 256 g/mol. The molecule has 3 N–H and O–H groups in total. The second-order valence-electron chi connectivity index (χ2n) is 5.40. The van der Waals surface area contributed by atoms with Gasteiger partial charge in [-0.15, -0.1) is 0 Å². The normalized spacial score (nSPS) is 24.3. The van der Waals surface area contributed by atoms with Gasteiger partial charge in [0.25, 0.3) is 0 Å². The predicted molar refractivity (Wildman–Crippen MR) is 73.0 cm³/mol. The van der Waals surface area contributed by atoms with Crippen molar-refractivity contribution in [1.82, 2.24) is 19.9 Å². The zero-order valence-electron chi connectivity index (χ0n) is 10.6. The van der Waals surface area contributed by atoms with Gasteiger partial charge in [-0.05, 0) is 25.3 Å². The molecule has 0 aliphatic heterocycles. The molecule has 3 heterocycles. The third-order valence-electron chi connectivity index (χ3n) is 4.09. The van der Waals surface area contributed by atoms with Gasteiger partial charge in [0.05, 0.1) is 17.8 Å². The van der Waals surface area contributed by atoms with Gasteiger partial charge in [0, 0.05) is 17.5 Å². The minimum absolute atomic E-state index is 0.183. The van der Waals surface area contributed by atoms with Gasteiger partial charge in [-0.2, -0.15) is 0 Å². The fraction of sp³-hybridized carbons (Fsp3) is 0.429. The Balaban J connectivity index is 1.82. The maximum absolute atomic E-state index is 9.80. The molecule has 5 nitrogen and oxygen atoms in total. The molecular formula is C14H16N4O. The molecule has 4 rings (SSSR count). The molecule has 2 atom stereocenters. The number of nitrogens with one attached hydrogen (secondary N) is 2. The Bertz CT molecular complexity index is 729. The van der Waals surface area contributed by atoms with E-state index in [4.69, 9.17) is 4.98 Å². The van der Waals surface area contributed by atoms with Crippen molar-refractivity contribution in [3.63, 3.8) is 0 Å². The van der Waals surface area contributed by atoms with Crippen molar-refractivity contribution in [3.05, 3.63) is 24.3 Å². The SMILES string of the molecule is OC1CCCC(c2nc3c(cnc4[nH]ccc43)[nH]2)C1. The fourth-order valence-electron chi connectivity index (χ4n) is 3.10. The van der Waals surface area contributed by atoms with Gasteiger partial charge in [-0.3, -0.25) is 0 Å². The summed E-state index contributed by atoms with van der Waals surface area (Å²) in [5.41, 5.74) is 2.82. The smallest absolute Gasteiger partial charge is 0.139 e. The summed E-state index contributed by atoms with van der Waals surface area (Å²) in [6.07, 6.45) is 7.42. The number of fused-ring (bicyclic) bond motifs is 3. The second kappa shape index (κ2) is 4.06. The third kappa shape index (κ3) is 1.73. The van der Waals surface area contributed by atoms with Crippen LogP contribution in [0.4, 0.5) is 0 Å². The number of rotatable bonds is 1. The molecule has 0 spiro atoms. The number of aromatic nitrogens is 4. The predicted octanol–water partition coefficient (Wildman–Crippen LogP) is 2.46. The Morgan fingerprint density at radius 3 is 3.16 bits per heavy atom. The maximum atomic E-state index is 9.80. The number of aromatic amines is 2. The highest BCUT2D eigenvalue weighted by Crippen LogP contribution is 2.33. The molecule has 1 aliphatic rings. The summed E-state index contributed by atoms with van der Waals surface area (Å²) in [5, 5.41) is 10.8. The lowest BCUT2D eigenvalue weighted by Gasteiger charge is -2.23. The quantitative estimate of drug-likeness (QED) is 0.626. The van der Waals surface area contributed by atoms with E-state index < -0.39 is 0 Å². The first-order valence-corrected chi connectivity index (χ1v) is 6.81. The average molecular weight is 256 g/mol. The van der Waals surface area contributed by atoms with Crippen LogP contribution in [0.2, 0.25) is 0 Å². The Morgan fingerprint density at radius 1 is 1.32 bits per heavy atom. The summed E-state index contributed by atoms with van der Waals surface area (Å²) in [5.74, 6) is 1.33. The van der Waals surface area contributed by atoms with Crippen LogP contribution in [0.1, 0.15) is 37.4 Å². The minimum Gasteiger partial charge on any atom is -0.393 e. The molecule has 1 fully saturated rings. The third-order valence-corrected chi connectivity index (χ3v) is 4.09. The van der Waals surface area contributed by atoms with Crippen molar-refractivity contribution in [1.29, 1.82) is 0 Å². The molecule has 1 aliphatic carbocycles. The Hall–Kier alpha value is -1.88. The maximum Gasteiger partial charge on any atom is 0.139 e. The number of aliphatic hydroxyl groups is 1. The lowest BCUT2D eigenvalue weighted by molar-refractivity contribution is 0.118. The van der Waals surface area contributed by atoms with E-state index in [1.807, 2.05) is 18.5 Å². The van der Waals surface area contributed by atoms with Crippen LogP contribution in [-0.4, -0.2) is 31.1 Å². The van der Waals surface area contributed by atoms with Crippen molar-refractivity contribution in [2.45, 2.75) is 37.7 Å². The molecule has 0 bridgehead atoms. The van der Waals surface area contributed by atoms with Gasteiger partial charge in [0.1, 0.15) is 17.0 Å². The van der Waals surface area contributed by atoms with Crippen LogP contribution in [-0.2, 0) is 0 Å². The molecule has 5 heteroatoms. The Kier molecular flexibility index (Phi) is 2.35.